The molecular weight excluding hydrogens is 226 g/mol. The van der Waals surface area contributed by atoms with Crippen molar-refractivity contribution in [3.05, 3.63) is 17.5 Å². The largest absolute Gasteiger partial charge is 0.360 e. The molecule has 0 aliphatic heterocycles. The van der Waals surface area contributed by atoms with Gasteiger partial charge >= 0.3 is 0 Å². The molecule has 0 spiro atoms. The number of nitrogens with zero attached hydrogens (tertiary/aromatic N) is 2. The third kappa shape index (κ3) is 4.42. The van der Waals surface area contributed by atoms with Crippen molar-refractivity contribution in [2.24, 2.45) is 11.7 Å². The minimum absolute atomic E-state index is 0.443. The summed E-state index contributed by atoms with van der Waals surface area (Å²) in [5.41, 5.74) is 6.38. The van der Waals surface area contributed by atoms with Gasteiger partial charge in [0.15, 0.2) is 5.76 Å². The van der Waals surface area contributed by atoms with Gasteiger partial charge in [0.05, 0.1) is 12.2 Å². The minimum atomic E-state index is 0.443. The molecule has 0 amide bonds. The molecule has 18 heavy (non-hydrogen) atoms. The normalized spacial score (nSPS) is 12.0. The Hall–Kier alpha value is -0.870. The van der Waals surface area contributed by atoms with Crippen LogP contribution >= 0.6 is 0 Å². The molecule has 0 aliphatic rings. The topological polar surface area (TPSA) is 55.3 Å². The summed E-state index contributed by atoms with van der Waals surface area (Å²) in [7, 11) is 0. The summed E-state index contributed by atoms with van der Waals surface area (Å²) in [4.78, 5) is 2.49. The van der Waals surface area contributed by atoms with Gasteiger partial charge in [-0.3, -0.25) is 4.90 Å². The lowest BCUT2D eigenvalue weighted by Gasteiger charge is -2.30. The quantitative estimate of drug-likeness (QED) is 0.774. The van der Waals surface area contributed by atoms with Gasteiger partial charge in [0, 0.05) is 25.2 Å². The molecule has 2 N–H and O–H groups in total. The van der Waals surface area contributed by atoms with Gasteiger partial charge in [-0.1, -0.05) is 32.9 Å². The molecule has 4 nitrogen and oxygen atoms in total. The summed E-state index contributed by atoms with van der Waals surface area (Å²) in [6.45, 7) is 11.4. The van der Waals surface area contributed by atoms with Crippen LogP contribution in [0.25, 0.3) is 0 Å². The lowest BCUT2D eigenvalue weighted by Crippen LogP contribution is -2.36. The maximum absolute atomic E-state index is 5.55. The predicted octanol–water partition coefficient (Wildman–Crippen LogP) is 2.78. The number of aromatic nitrogens is 1. The molecule has 1 heterocycles. The Morgan fingerprint density at radius 1 is 1.33 bits per heavy atom. The van der Waals surface area contributed by atoms with E-state index in [0.717, 1.165) is 24.5 Å². The number of nitrogens with two attached hydrogens (primary N) is 1. The van der Waals surface area contributed by atoms with Gasteiger partial charge in [-0.15, -0.1) is 0 Å². The second-order valence-electron chi connectivity index (χ2n) is 5.28. The highest BCUT2D eigenvalue weighted by Gasteiger charge is 2.18. The lowest BCUT2D eigenvalue weighted by molar-refractivity contribution is 0.141. The van der Waals surface area contributed by atoms with E-state index < -0.39 is 0 Å². The standard InChI is InChI=1S/C14H27N3O/c1-5-13(6-2)17(9-11(3)4)10-14-7-12(8-15)16-18-14/h7,11,13H,5-6,8-10,15H2,1-4H3. The highest BCUT2D eigenvalue weighted by Crippen LogP contribution is 2.16. The van der Waals surface area contributed by atoms with Crippen LogP contribution in [0.2, 0.25) is 0 Å². The minimum Gasteiger partial charge on any atom is -0.360 e. The number of hydrogen-bond donors (Lipinski definition) is 1. The van der Waals surface area contributed by atoms with Crippen LogP contribution in [0.3, 0.4) is 0 Å². The maximum atomic E-state index is 5.55. The van der Waals surface area contributed by atoms with E-state index in [2.05, 4.69) is 37.8 Å². The lowest BCUT2D eigenvalue weighted by atomic mass is 10.1. The van der Waals surface area contributed by atoms with E-state index in [1.54, 1.807) is 0 Å². The second-order valence-corrected chi connectivity index (χ2v) is 5.28. The number of rotatable bonds is 8. The predicted molar refractivity (Wildman–Crippen MR) is 74.0 cm³/mol. The molecule has 0 radical (unpaired) electrons. The van der Waals surface area contributed by atoms with Crippen LogP contribution in [0.1, 0.15) is 52.0 Å². The molecule has 1 aromatic rings. The molecular formula is C14H27N3O. The van der Waals surface area contributed by atoms with E-state index in [9.17, 15) is 0 Å². The van der Waals surface area contributed by atoms with Gasteiger partial charge in [-0.25, -0.2) is 0 Å². The fourth-order valence-electron chi connectivity index (χ4n) is 2.34. The van der Waals surface area contributed by atoms with Gasteiger partial charge < -0.3 is 10.3 Å². The van der Waals surface area contributed by atoms with Gasteiger partial charge in [0.2, 0.25) is 0 Å². The molecule has 0 aromatic carbocycles. The van der Waals surface area contributed by atoms with E-state index in [1.807, 2.05) is 6.07 Å². The molecule has 0 saturated carbocycles. The molecule has 0 aliphatic carbocycles. The molecule has 0 bridgehead atoms. The summed E-state index contributed by atoms with van der Waals surface area (Å²) >= 11 is 0. The van der Waals surface area contributed by atoms with Crippen LogP contribution < -0.4 is 5.73 Å². The molecule has 0 atom stereocenters. The third-order valence-electron chi connectivity index (χ3n) is 3.23. The van der Waals surface area contributed by atoms with Gasteiger partial charge in [0.1, 0.15) is 0 Å². The fourth-order valence-corrected chi connectivity index (χ4v) is 2.34. The van der Waals surface area contributed by atoms with Crippen molar-refractivity contribution in [3.8, 4) is 0 Å². The Morgan fingerprint density at radius 2 is 2.00 bits per heavy atom. The first-order valence-corrected chi connectivity index (χ1v) is 6.99. The molecule has 1 rings (SSSR count). The molecule has 104 valence electrons. The average molecular weight is 253 g/mol. The Morgan fingerprint density at radius 3 is 2.44 bits per heavy atom. The van der Waals surface area contributed by atoms with Crippen LogP contribution in [0, 0.1) is 5.92 Å². The third-order valence-corrected chi connectivity index (χ3v) is 3.23. The van der Waals surface area contributed by atoms with Crippen LogP contribution in [0.4, 0.5) is 0 Å². The van der Waals surface area contributed by atoms with E-state index in [4.69, 9.17) is 10.3 Å². The van der Waals surface area contributed by atoms with Gasteiger partial charge in [0.25, 0.3) is 0 Å². The first kappa shape index (κ1) is 15.2. The zero-order valence-electron chi connectivity index (χ0n) is 12.1. The zero-order chi connectivity index (χ0) is 13.5. The van der Waals surface area contributed by atoms with Crippen molar-refractivity contribution >= 4 is 0 Å². The van der Waals surface area contributed by atoms with Crippen LogP contribution in [0.5, 0.6) is 0 Å². The van der Waals surface area contributed by atoms with Gasteiger partial charge in [-0.2, -0.15) is 0 Å². The average Bonchev–Trinajstić information content (AvgIpc) is 2.77. The van der Waals surface area contributed by atoms with Crippen molar-refractivity contribution < 1.29 is 4.52 Å². The Bertz CT molecular complexity index is 332. The summed E-state index contributed by atoms with van der Waals surface area (Å²) < 4.78 is 5.34. The Kier molecular flexibility index (Phi) is 6.36. The summed E-state index contributed by atoms with van der Waals surface area (Å²) in [5, 5.41) is 3.95. The zero-order valence-corrected chi connectivity index (χ0v) is 12.1. The molecule has 0 unspecified atom stereocenters. The number of hydrogen-bond acceptors (Lipinski definition) is 4. The first-order valence-electron chi connectivity index (χ1n) is 6.99. The van der Waals surface area contributed by atoms with E-state index in [1.165, 1.54) is 12.8 Å². The van der Waals surface area contributed by atoms with Crippen LogP contribution in [-0.2, 0) is 13.1 Å². The van der Waals surface area contributed by atoms with Crippen molar-refractivity contribution in [3.63, 3.8) is 0 Å². The smallest absolute Gasteiger partial charge is 0.151 e. The van der Waals surface area contributed by atoms with Crippen molar-refractivity contribution in [1.29, 1.82) is 0 Å². The van der Waals surface area contributed by atoms with Crippen molar-refractivity contribution in [2.45, 2.75) is 59.7 Å². The van der Waals surface area contributed by atoms with Crippen molar-refractivity contribution in [1.82, 2.24) is 10.1 Å². The Labute approximate surface area is 111 Å². The van der Waals surface area contributed by atoms with Crippen LogP contribution in [-0.4, -0.2) is 22.6 Å². The Balaban J connectivity index is 2.70. The summed E-state index contributed by atoms with van der Waals surface area (Å²) in [5.74, 6) is 1.57. The highest BCUT2D eigenvalue weighted by atomic mass is 16.5. The first-order chi connectivity index (χ1) is 8.60. The van der Waals surface area contributed by atoms with E-state index >= 15 is 0 Å². The molecule has 0 saturated heterocycles. The highest BCUT2D eigenvalue weighted by molar-refractivity contribution is 5.05. The fraction of sp³-hybridized carbons (Fsp3) is 0.786. The van der Waals surface area contributed by atoms with E-state index in [-0.39, 0.29) is 0 Å². The second kappa shape index (κ2) is 7.54. The summed E-state index contributed by atoms with van der Waals surface area (Å²) in [6.07, 6.45) is 2.34. The van der Waals surface area contributed by atoms with Crippen molar-refractivity contribution in [2.75, 3.05) is 6.54 Å². The van der Waals surface area contributed by atoms with E-state index in [0.29, 0.717) is 18.5 Å². The molecule has 0 fully saturated rings. The summed E-state index contributed by atoms with van der Waals surface area (Å²) in [6, 6.07) is 2.58. The monoisotopic (exact) mass is 253 g/mol. The molecule has 1 aromatic heterocycles. The van der Waals surface area contributed by atoms with Crippen LogP contribution in [0.15, 0.2) is 10.6 Å². The van der Waals surface area contributed by atoms with Gasteiger partial charge in [-0.05, 0) is 18.8 Å². The molecule has 4 heteroatoms. The maximum Gasteiger partial charge on any atom is 0.151 e. The SMILES string of the molecule is CCC(CC)N(Cc1cc(CN)no1)CC(C)C.